The zero-order valence-corrected chi connectivity index (χ0v) is 14.2. The third-order valence-corrected chi connectivity index (χ3v) is 6.36. The molecule has 0 spiro atoms. The number of rotatable bonds is 2. The van der Waals surface area contributed by atoms with Gasteiger partial charge >= 0.3 is 5.97 Å². The summed E-state index contributed by atoms with van der Waals surface area (Å²) in [6, 6.07) is 7.12. The summed E-state index contributed by atoms with van der Waals surface area (Å²) in [6.45, 7) is 6.87. The molecule has 2 aliphatic carbocycles. The van der Waals surface area contributed by atoms with E-state index in [1.165, 1.54) is 6.42 Å². The molecule has 0 aliphatic heterocycles. The Labute approximate surface area is 133 Å². The Morgan fingerprint density at radius 1 is 1.29 bits per heavy atom. The van der Waals surface area contributed by atoms with Crippen molar-refractivity contribution in [2.75, 3.05) is 0 Å². The van der Waals surface area contributed by atoms with Crippen LogP contribution in [-0.2, 0) is 4.84 Å². The molecule has 0 radical (unpaired) electrons. The molecule has 1 aromatic carbocycles. The average molecular weight is 350 g/mol. The molecular formula is C17H20BrNO2. The minimum Gasteiger partial charge on any atom is -0.313 e. The monoisotopic (exact) mass is 349 g/mol. The first-order valence-corrected chi connectivity index (χ1v) is 8.18. The maximum atomic E-state index is 12.0. The second kappa shape index (κ2) is 4.94. The first-order valence-electron chi connectivity index (χ1n) is 7.39. The van der Waals surface area contributed by atoms with Crippen molar-refractivity contribution in [1.29, 1.82) is 0 Å². The fraction of sp³-hybridized carbons (Fsp3) is 0.529. The zero-order chi connectivity index (χ0) is 15.3. The quantitative estimate of drug-likeness (QED) is 0.567. The molecule has 0 N–H and O–H groups in total. The third kappa shape index (κ3) is 2.24. The minimum absolute atomic E-state index is 0.0671. The van der Waals surface area contributed by atoms with Crippen LogP contribution in [0.2, 0.25) is 0 Å². The highest BCUT2D eigenvalue weighted by Crippen LogP contribution is 2.63. The summed E-state index contributed by atoms with van der Waals surface area (Å²) in [5.41, 5.74) is 1.89. The topological polar surface area (TPSA) is 38.7 Å². The van der Waals surface area contributed by atoms with Gasteiger partial charge in [-0.1, -0.05) is 41.9 Å². The minimum atomic E-state index is -0.390. The molecule has 0 saturated heterocycles. The Balaban J connectivity index is 1.76. The molecule has 21 heavy (non-hydrogen) atoms. The van der Waals surface area contributed by atoms with Crippen molar-refractivity contribution >= 4 is 27.6 Å². The lowest BCUT2D eigenvalue weighted by Crippen LogP contribution is -2.32. The predicted molar refractivity (Wildman–Crippen MR) is 86.2 cm³/mol. The molecule has 2 atom stereocenters. The van der Waals surface area contributed by atoms with Crippen LogP contribution in [0.5, 0.6) is 0 Å². The standard InChI is InChI=1S/C17H20BrNO2/c1-16(2)12-8-9-17(16,3)14(10-12)19-21-15(20)11-4-6-13(18)7-5-11/h4-7,12H,8-10H2,1-3H3/b19-14+/t12-,17-/m1/s1. The molecule has 0 amide bonds. The first kappa shape index (κ1) is 14.8. The molecule has 3 nitrogen and oxygen atoms in total. The van der Waals surface area contributed by atoms with Gasteiger partial charge in [-0.05, 0) is 54.9 Å². The summed E-state index contributed by atoms with van der Waals surface area (Å²) < 4.78 is 0.938. The Morgan fingerprint density at radius 2 is 1.95 bits per heavy atom. The van der Waals surface area contributed by atoms with Crippen LogP contribution in [0.1, 0.15) is 50.4 Å². The van der Waals surface area contributed by atoms with Gasteiger partial charge in [0.1, 0.15) is 0 Å². The van der Waals surface area contributed by atoms with Gasteiger partial charge in [0.25, 0.3) is 0 Å². The van der Waals surface area contributed by atoms with E-state index in [2.05, 4.69) is 41.9 Å². The van der Waals surface area contributed by atoms with E-state index in [-0.39, 0.29) is 16.8 Å². The molecule has 2 fully saturated rings. The van der Waals surface area contributed by atoms with Gasteiger partial charge in [0.05, 0.1) is 11.3 Å². The first-order chi connectivity index (χ1) is 9.84. The summed E-state index contributed by atoms with van der Waals surface area (Å²) in [7, 11) is 0. The zero-order valence-electron chi connectivity index (χ0n) is 12.6. The second-order valence-electron chi connectivity index (χ2n) is 6.92. The molecule has 0 heterocycles. The Hall–Kier alpha value is -1.16. The molecule has 3 rings (SSSR count). The van der Waals surface area contributed by atoms with Crippen LogP contribution in [0.15, 0.2) is 33.9 Å². The molecule has 4 heteroatoms. The molecule has 2 saturated carbocycles. The lowest BCUT2D eigenvalue weighted by molar-refractivity contribution is 0.0508. The molecular weight excluding hydrogens is 330 g/mol. The van der Waals surface area contributed by atoms with Crippen LogP contribution in [0, 0.1) is 16.7 Å². The molecule has 112 valence electrons. The number of oxime groups is 1. The SMILES string of the molecule is CC1(C)[C@@H]2CC[C@]1(C)/C(=N/OC(=O)c1ccc(Br)cc1)C2. The number of nitrogens with zero attached hydrogens (tertiary/aromatic N) is 1. The summed E-state index contributed by atoms with van der Waals surface area (Å²) in [5, 5.41) is 4.23. The highest BCUT2D eigenvalue weighted by molar-refractivity contribution is 9.10. The second-order valence-corrected chi connectivity index (χ2v) is 7.83. The summed E-state index contributed by atoms with van der Waals surface area (Å²) in [5.74, 6) is 0.270. The predicted octanol–water partition coefficient (Wildman–Crippen LogP) is 4.81. The normalized spacial score (nSPS) is 31.6. The number of carbonyl (C=O) groups is 1. The van der Waals surface area contributed by atoms with Gasteiger partial charge in [0.2, 0.25) is 0 Å². The number of fused-ring (bicyclic) bond motifs is 2. The number of benzene rings is 1. The van der Waals surface area contributed by atoms with Crippen molar-refractivity contribution in [3.8, 4) is 0 Å². The van der Waals surface area contributed by atoms with Crippen molar-refractivity contribution in [1.82, 2.24) is 0 Å². The Bertz CT molecular complexity index is 606. The highest BCUT2D eigenvalue weighted by atomic mass is 79.9. The van der Waals surface area contributed by atoms with E-state index >= 15 is 0 Å². The molecule has 0 unspecified atom stereocenters. The van der Waals surface area contributed by atoms with E-state index in [0.717, 1.165) is 23.0 Å². The Morgan fingerprint density at radius 3 is 2.48 bits per heavy atom. The van der Waals surface area contributed by atoms with Crippen molar-refractivity contribution in [3.05, 3.63) is 34.3 Å². The summed E-state index contributed by atoms with van der Waals surface area (Å²) in [6.07, 6.45) is 3.35. The molecule has 0 aromatic heterocycles. The summed E-state index contributed by atoms with van der Waals surface area (Å²) in [4.78, 5) is 17.2. The smallest absolute Gasteiger partial charge is 0.313 e. The van der Waals surface area contributed by atoms with E-state index < -0.39 is 0 Å². The fourth-order valence-electron chi connectivity index (χ4n) is 3.80. The van der Waals surface area contributed by atoms with Gasteiger partial charge in [-0.25, -0.2) is 4.79 Å². The van der Waals surface area contributed by atoms with Crippen molar-refractivity contribution < 1.29 is 9.63 Å². The number of carbonyl (C=O) groups excluding carboxylic acids is 1. The van der Waals surface area contributed by atoms with Gasteiger partial charge in [-0.3, -0.25) is 0 Å². The van der Waals surface area contributed by atoms with Crippen molar-refractivity contribution in [3.63, 3.8) is 0 Å². The van der Waals surface area contributed by atoms with Gasteiger partial charge in [-0.15, -0.1) is 0 Å². The molecule has 2 aliphatic rings. The van der Waals surface area contributed by atoms with Crippen LogP contribution in [0.4, 0.5) is 0 Å². The van der Waals surface area contributed by atoms with Crippen LogP contribution >= 0.6 is 15.9 Å². The van der Waals surface area contributed by atoms with Gasteiger partial charge in [-0.2, -0.15) is 0 Å². The van der Waals surface area contributed by atoms with Crippen LogP contribution < -0.4 is 0 Å². The van der Waals surface area contributed by atoms with E-state index in [1.54, 1.807) is 12.1 Å². The lowest BCUT2D eigenvalue weighted by Gasteiger charge is -2.34. The lowest BCUT2D eigenvalue weighted by atomic mass is 9.70. The number of halogens is 1. The van der Waals surface area contributed by atoms with Crippen molar-refractivity contribution in [2.24, 2.45) is 21.9 Å². The van der Waals surface area contributed by atoms with Gasteiger partial charge in [0, 0.05) is 9.89 Å². The van der Waals surface area contributed by atoms with E-state index in [9.17, 15) is 4.79 Å². The number of hydrogen-bond acceptors (Lipinski definition) is 3. The van der Waals surface area contributed by atoms with E-state index in [4.69, 9.17) is 4.84 Å². The van der Waals surface area contributed by atoms with Crippen LogP contribution in [-0.4, -0.2) is 11.7 Å². The molecule has 1 aromatic rings. The maximum absolute atomic E-state index is 12.0. The average Bonchev–Trinajstić information content (AvgIpc) is 2.78. The van der Waals surface area contributed by atoms with Crippen LogP contribution in [0.25, 0.3) is 0 Å². The van der Waals surface area contributed by atoms with E-state index in [0.29, 0.717) is 11.5 Å². The largest absolute Gasteiger partial charge is 0.365 e. The van der Waals surface area contributed by atoms with Crippen molar-refractivity contribution in [2.45, 2.75) is 40.0 Å². The number of hydrogen-bond donors (Lipinski definition) is 0. The maximum Gasteiger partial charge on any atom is 0.365 e. The fourth-order valence-corrected chi connectivity index (χ4v) is 4.07. The highest BCUT2D eigenvalue weighted by Gasteiger charge is 2.60. The third-order valence-electron chi connectivity index (χ3n) is 5.83. The summed E-state index contributed by atoms with van der Waals surface area (Å²) >= 11 is 3.35. The Kier molecular flexibility index (Phi) is 3.47. The molecule has 2 bridgehead atoms. The van der Waals surface area contributed by atoms with Crippen LogP contribution in [0.3, 0.4) is 0 Å². The van der Waals surface area contributed by atoms with Gasteiger partial charge < -0.3 is 4.84 Å². The van der Waals surface area contributed by atoms with Gasteiger partial charge in [0.15, 0.2) is 0 Å². The van der Waals surface area contributed by atoms with E-state index in [1.807, 2.05) is 12.1 Å².